The van der Waals surface area contributed by atoms with Gasteiger partial charge in [-0.05, 0) is 25.6 Å². The molecule has 9 nitrogen and oxygen atoms in total. The van der Waals surface area contributed by atoms with Crippen molar-refractivity contribution < 1.29 is 9.53 Å². The molecule has 0 aliphatic carbocycles. The summed E-state index contributed by atoms with van der Waals surface area (Å²) in [5, 5.41) is 5.92. The largest absolute Gasteiger partial charge is 0.494 e. The van der Waals surface area contributed by atoms with Crippen LogP contribution in [0.3, 0.4) is 0 Å². The van der Waals surface area contributed by atoms with Gasteiger partial charge in [-0.25, -0.2) is 4.98 Å². The Balaban J connectivity index is 2.01. The number of benzene rings is 1. The van der Waals surface area contributed by atoms with Gasteiger partial charge in [0.15, 0.2) is 0 Å². The number of ether oxygens (including phenoxy) is 1. The summed E-state index contributed by atoms with van der Waals surface area (Å²) < 4.78 is 6.47. The van der Waals surface area contributed by atoms with Gasteiger partial charge in [-0.1, -0.05) is 23.2 Å². The van der Waals surface area contributed by atoms with Crippen LogP contribution in [-0.4, -0.2) is 34.1 Å². The minimum Gasteiger partial charge on any atom is -0.494 e. The normalized spacial score (nSPS) is 10.7. The van der Waals surface area contributed by atoms with Gasteiger partial charge in [0.2, 0.25) is 0 Å². The molecule has 3 rings (SSSR count). The van der Waals surface area contributed by atoms with Crippen LogP contribution in [0.1, 0.15) is 22.8 Å². The van der Waals surface area contributed by atoms with Crippen molar-refractivity contribution in [3.8, 4) is 11.4 Å². The first-order valence-electron chi connectivity index (χ1n) is 9.24. The fraction of sp³-hybridized carbons (Fsp3) is 0.200. The van der Waals surface area contributed by atoms with E-state index in [2.05, 4.69) is 20.6 Å². The summed E-state index contributed by atoms with van der Waals surface area (Å²) in [5.41, 5.74) is 6.20. The van der Waals surface area contributed by atoms with E-state index in [9.17, 15) is 9.59 Å². The maximum Gasteiger partial charge on any atom is 0.273 e. The van der Waals surface area contributed by atoms with Gasteiger partial charge >= 0.3 is 0 Å². The van der Waals surface area contributed by atoms with Gasteiger partial charge in [0.25, 0.3) is 11.5 Å². The number of carbonyl (C=O) groups excluding carboxylic acids is 1. The third-order valence-electron chi connectivity index (χ3n) is 4.20. The van der Waals surface area contributed by atoms with Gasteiger partial charge in [-0.2, -0.15) is 0 Å². The highest BCUT2D eigenvalue weighted by atomic mass is 35.5. The molecular weight excluding hydrogens is 443 g/mol. The summed E-state index contributed by atoms with van der Waals surface area (Å²) >= 11 is 12.7. The van der Waals surface area contributed by atoms with E-state index in [1.165, 1.54) is 18.3 Å². The second kappa shape index (κ2) is 9.78. The van der Waals surface area contributed by atoms with E-state index >= 15 is 0 Å². The lowest BCUT2D eigenvalue weighted by atomic mass is 10.2. The van der Waals surface area contributed by atoms with Gasteiger partial charge in [0.05, 0.1) is 34.2 Å². The second-order valence-corrected chi connectivity index (χ2v) is 7.23. The number of anilines is 2. The van der Waals surface area contributed by atoms with Gasteiger partial charge in [-0.3, -0.25) is 19.1 Å². The molecule has 3 aromatic rings. The lowest BCUT2D eigenvalue weighted by Gasteiger charge is -2.14. The zero-order valence-electron chi connectivity index (χ0n) is 16.8. The Labute approximate surface area is 188 Å². The topological polar surface area (TPSA) is 124 Å². The quantitative estimate of drug-likeness (QED) is 0.492. The number of nitrogens with one attached hydrogen (secondary N) is 2. The highest BCUT2D eigenvalue weighted by molar-refractivity contribution is 6.38. The van der Waals surface area contributed by atoms with Gasteiger partial charge in [0.1, 0.15) is 23.5 Å². The first kappa shape index (κ1) is 22.5. The number of nitrogen functional groups attached to an aromatic ring is 1. The number of hydrogen-bond acceptors (Lipinski definition) is 7. The third-order valence-corrected chi connectivity index (χ3v) is 4.78. The number of carbonyl (C=O) groups is 1. The summed E-state index contributed by atoms with van der Waals surface area (Å²) in [6.45, 7) is 2.80. The van der Waals surface area contributed by atoms with E-state index in [-0.39, 0.29) is 27.1 Å². The van der Waals surface area contributed by atoms with E-state index in [1.54, 1.807) is 19.3 Å². The van der Waals surface area contributed by atoms with Crippen LogP contribution < -0.4 is 26.7 Å². The molecule has 1 amide bonds. The van der Waals surface area contributed by atoms with Gasteiger partial charge in [-0.15, -0.1) is 0 Å². The van der Waals surface area contributed by atoms with E-state index < -0.39 is 11.5 Å². The maximum absolute atomic E-state index is 13.1. The van der Waals surface area contributed by atoms with Crippen LogP contribution in [-0.2, 0) is 6.54 Å². The van der Waals surface area contributed by atoms with E-state index in [4.69, 9.17) is 33.7 Å². The number of nitrogens with zero attached hydrogens (tertiary/aromatic N) is 3. The lowest BCUT2D eigenvalue weighted by molar-refractivity contribution is 0.102. The molecular formula is C20H20Cl2N6O3. The minimum atomic E-state index is -0.731. The Morgan fingerprint density at radius 3 is 2.58 bits per heavy atom. The van der Waals surface area contributed by atoms with Crippen molar-refractivity contribution in [1.82, 2.24) is 19.9 Å². The molecule has 0 bridgehead atoms. The summed E-state index contributed by atoms with van der Waals surface area (Å²) in [7, 11) is 1.79. The zero-order valence-corrected chi connectivity index (χ0v) is 18.3. The zero-order chi connectivity index (χ0) is 22.5. The van der Waals surface area contributed by atoms with Gasteiger partial charge < -0.3 is 21.1 Å². The number of amides is 1. The molecule has 0 radical (unpaired) electrons. The Morgan fingerprint density at radius 2 is 1.94 bits per heavy atom. The van der Waals surface area contributed by atoms with Crippen molar-refractivity contribution >= 4 is 40.6 Å². The standard InChI is InChI=1S/C20H20Cl2N6O3/c1-3-31-13-5-14(21)17(15(22)6-13)28-10-26-18(23)16(20(28)30)19(29)27-12-4-11(7-24-2)8-25-9-12/h4-6,8-10,24H,3,7,23H2,1-2H3,(H,27,29). The Morgan fingerprint density at radius 1 is 1.23 bits per heavy atom. The van der Waals surface area contributed by atoms with E-state index in [0.29, 0.717) is 24.6 Å². The van der Waals surface area contributed by atoms with Crippen molar-refractivity contribution in [3.63, 3.8) is 0 Å². The fourth-order valence-electron chi connectivity index (χ4n) is 2.91. The maximum atomic E-state index is 13.1. The molecule has 0 aliphatic rings. The molecule has 31 heavy (non-hydrogen) atoms. The number of pyridine rings is 1. The molecule has 0 fully saturated rings. The molecule has 11 heteroatoms. The highest BCUT2D eigenvalue weighted by Crippen LogP contribution is 2.32. The molecule has 4 N–H and O–H groups in total. The van der Waals surface area contributed by atoms with Crippen molar-refractivity contribution in [1.29, 1.82) is 0 Å². The van der Waals surface area contributed by atoms with Crippen molar-refractivity contribution in [2.75, 3.05) is 24.7 Å². The number of hydrogen-bond donors (Lipinski definition) is 3. The number of rotatable bonds is 7. The van der Waals surface area contributed by atoms with Crippen LogP contribution in [0.4, 0.5) is 11.5 Å². The molecule has 162 valence electrons. The predicted octanol–water partition coefficient (Wildman–Crippen LogP) is 2.89. The average Bonchev–Trinajstić information content (AvgIpc) is 2.70. The van der Waals surface area contributed by atoms with Gasteiger partial charge in [0, 0.05) is 24.9 Å². The smallest absolute Gasteiger partial charge is 0.273 e. The molecule has 1 aromatic carbocycles. The minimum absolute atomic E-state index is 0.153. The van der Waals surface area contributed by atoms with E-state index in [1.807, 2.05) is 6.92 Å². The molecule has 0 spiro atoms. The summed E-state index contributed by atoms with van der Waals surface area (Å²) in [4.78, 5) is 34.0. The number of halogens is 2. The van der Waals surface area contributed by atoms with Crippen LogP contribution in [0, 0.1) is 0 Å². The van der Waals surface area contributed by atoms with E-state index in [0.717, 1.165) is 16.5 Å². The Bertz CT molecular complexity index is 1160. The monoisotopic (exact) mass is 462 g/mol. The lowest BCUT2D eigenvalue weighted by Crippen LogP contribution is -2.31. The summed E-state index contributed by atoms with van der Waals surface area (Å²) in [6, 6.07) is 4.77. The molecule has 2 heterocycles. The average molecular weight is 463 g/mol. The Hall–Kier alpha value is -3.14. The number of nitrogens with two attached hydrogens (primary N) is 1. The second-order valence-electron chi connectivity index (χ2n) is 6.41. The molecule has 2 aromatic heterocycles. The number of aromatic nitrogens is 3. The van der Waals surface area contributed by atoms with Crippen molar-refractivity contribution in [2.24, 2.45) is 0 Å². The molecule has 0 saturated carbocycles. The fourth-order valence-corrected chi connectivity index (χ4v) is 3.56. The van der Waals surface area contributed by atoms with Crippen LogP contribution in [0.25, 0.3) is 5.69 Å². The highest BCUT2D eigenvalue weighted by Gasteiger charge is 2.21. The van der Waals surface area contributed by atoms with Crippen LogP contribution in [0.2, 0.25) is 10.0 Å². The SMILES string of the molecule is CCOc1cc(Cl)c(-n2cnc(N)c(C(=O)Nc3cncc(CNC)c3)c2=O)c(Cl)c1. The first-order chi connectivity index (χ1) is 14.8. The molecule has 0 saturated heterocycles. The summed E-state index contributed by atoms with van der Waals surface area (Å²) in [6.07, 6.45) is 4.28. The third kappa shape index (κ3) is 4.96. The van der Waals surface area contributed by atoms with Crippen molar-refractivity contribution in [3.05, 3.63) is 68.4 Å². The molecule has 0 aliphatic heterocycles. The van der Waals surface area contributed by atoms with Crippen molar-refractivity contribution in [2.45, 2.75) is 13.5 Å². The Kier molecular flexibility index (Phi) is 7.11. The molecule has 0 atom stereocenters. The first-order valence-corrected chi connectivity index (χ1v) is 10.0. The van der Waals surface area contributed by atoms with Crippen LogP contribution >= 0.6 is 23.2 Å². The molecule has 0 unspecified atom stereocenters. The predicted molar refractivity (Wildman–Crippen MR) is 120 cm³/mol. The van der Waals surface area contributed by atoms with Crippen LogP contribution in [0.15, 0.2) is 41.7 Å². The van der Waals surface area contributed by atoms with Crippen LogP contribution in [0.5, 0.6) is 5.75 Å². The summed E-state index contributed by atoms with van der Waals surface area (Å²) in [5.74, 6) is -0.508.